The third kappa shape index (κ3) is 2.79. The van der Waals surface area contributed by atoms with Crippen LogP contribution in [0.2, 0.25) is 0 Å². The van der Waals surface area contributed by atoms with Crippen molar-refractivity contribution >= 4 is 5.78 Å². The molecule has 3 rings (SSSR count). The Labute approximate surface area is 128 Å². The molecule has 0 aliphatic carbocycles. The van der Waals surface area contributed by atoms with E-state index in [0.717, 1.165) is 5.69 Å². The monoisotopic (exact) mass is 292 g/mol. The Balaban J connectivity index is 1.86. The molecule has 0 bridgehead atoms. The lowest BCUT2D eigenvalue weighted by molar-refractivity contribution is 0.103. The molecular formula is C17H16N4O. The molecule has 0 amide bonds. The number of ketones is 1. The Bertz CT molecular complexity index is 776. The smallest absolute Gasteiger partial charge is 0.216 e. The van der Waals surface area contributed by atoms with Crippen molar-refractivity contribution in [2.75, 3.05) is 0 Å². The van der Waals surface area contributed by atoms with Crippen LogP contribution in [-0.2, 0) is 0 Å². The van der Waals surface area contributed by atoms with Gasteiger partial charge in [-0.05, 0) is 35.7 Å². The third-order valence-electron chi connectivity index (χ3n) is 3.47. The molecule has 0 fully saturated rings. The Morgan fingerprint density at radius 3 is 2.55 bits per heavy atom. The van der Waals surface area contributed by atoms with Gasteiger partial charge in [0.05, 0.1) is 11.9 Å². The van der Waals surface area contributed by atoms with Gasteiger partial charge in [-0.1, -0.05) is 31.2 Å². The van der Waals surface area contributed by atoms with Gasteiger partial charge in [-0.2, -0.15) is 0 Å². The number of hydrogen-bond donors (Lipinski definition) is 0. The summed E-state index contributed by atoms with van der Waals surface area (Å²) in [7, 11) is 0. The largest absolute Gasteiger partial charge is 0.287 e. The molecule has 5 nitrogen and oxygen atoms in total. The molecule has 0 spiro atoms. The van der Waals surface area contributed by atoms with Gasteiger partial charge in [0.2, 0.25) is 5.78 Å². The first-order chi connectivity index (χ1) is 10.6. The van der Waals surface area contributed by atoms with Crippen LogP contribution >= 0.6 is 0 Å². The molecule has 0 N–H and O–H groups in total. The van der Waals surface area contributed by atoms with Gasteiger partial charge in [0.25, 0.3) is 0 Å². The van der Waals surface area contributed by atoms with Crippen LogP contribution < -0.4 is 0 Å². The molecule has 0 saturated carbocycles. The SMILES string of the molecule is CC(C)c1ccc(-n2cc(C(=O)c3cccnc3)nn2)cc1. The van der Waals surface area contributed by atoms with Crippen molar-refractivity contribution in [2.45, 2.75) is 19.8 Å². The first-order valence-corrected chi connectivity index (χ1v) is 7.12. The van der Waals surface area contributed by atoms with Crippen molar-refractivity contribution in [3.8, 4) is 5.69 Å². The second-order valence-corrected chi connectivity index (χ2v) is 5.37. The predicted molar refractivity (Wildman–Crippen MR) is 83.1 cm³/mol. The summed E-state index contributed by atoms with van der Waals surface area (Å²) in [5.41, 5.74) is 2.95. The Morgan fingerprint density at radius 2 is 1.91 bits per heavy atom. The molecule has 0 unspecified atom stereocenters. The van der Waals surface area contributed by atoms with Crippen LogP contribution in [0.5, 0.6) is 0 Å². The van der Waals surface area contributed by atoms with Gasteiger partial charge in [-0.3, -0.25) is 9.78 Å². The maximum atomic E-state index is 12.3. The van der Waals surface area contributed by atoms with E-state index in [0.29, 0.717) is 17.2 Å². The average Bonchev–Trinajstić information content (AvgIpc) is 3.05. The van der Waals surface area contributed by atoms with Crippen LogP contribution in [0.15, 0.2) is 55.0 Å². The standard InChI is InChI=1S/C17H16N4O/c1-12(2)13-5-7-15(8-6-13)21-11-16(19-20-21)17(22)14-4-3-9-18-10-14/h3-12H,1-2H3. The quantitative estimate of drug-likeness (QED) is 0.693. The van der Waals surface area contributed by atoms with Gasteiger partial charge in [0, 0.05) is 18.0 Å². The summed E-state index contributed by atoms with van der Waals surface area (Å²) >= 11 is 0. The molecule has 2 aromatic heterocycles. The molecule has 0 radical (unpaired) electrons. The maximum absolute atomic E-state index is 12.3. The lowest BCUT2D eigenvalue weighted by Gasteiger charge is -2.06. The minimum atomic E-state index is -0.182. The number of benzene rings is 1. The first kappa shape index (κ1) is 14.1. The van der Waals surface area contributed by atoms with Gasteiger partial charge >= 0.3 is 0 Å². The predicted octanol–water partition coefficient (Wildman–Crippen LogP) is 3.02. The van der Waals surface area contributed by atoms with E-state index in [-0.39, 0.29) is 5.78 Å². The van der Waals surface area contributed by atoms with Crippen LogP contribution in [-0.4, -0.2) is 25.8 Å². The van der Waals surface area contributed by atoms with Crippen molar-refractivity contribution in [2.24, 2.45) is 0 Å². The molecule has 0 saturated heterocycles. The zero-order valence-electron chi connectivity index (χ0n) is 12.5. The molecule has 3 aromatic rings. The van der Waals surface area contributed by atoms with E-state index in [9.17, 15) is 4.79 Å². The zero-order valence-corrected chi connectivity index (χ0v) is 12.5. The number of aromatic nitrogens is 4. The van der Waals surface area contributed by atoms with E-state index in [4.69, 9.17) is 0 Å². The van der Waals surface area contributed by atoms with E-state index in [2.05, 4.69) is 41.3 Å². The number of nitrogens with zero attached hydrogens (tertiary/aromatic N) is 4. The highest BCUT2D eigenvalue weighted by molar-refractivity contribution is 6.07. The second kappa shape index (κ2) is 5.89. The summed E-state index contributed by atoms with van der Waals surface area (Å²) in [4.78, 5) is 16.2. The van der Waals surface area contributed by atoms with Gasteiger partial charge in [0.1, 0.15) is 0 Å². The maximum Gasteiger partial charge on any atom is 0.216 e. The molecule has 2 heterocycles. The summed E-state index contributed by atoms with van der Waals surface area (Å²) in [5, 5.41) is 8.00. The molecule has 0 aliphatic heterocycles. The first-order valence-electron chi connectivity index (χ1n) is 7.12. The summed E-state index contributed by atoms with van der Waals surface area (Å²) in [5.74, 6) is 0.297. The highest BCUT2D eigenvalue weighted by Crippen LogP contribution is 2.16. The number of carbonyl (C=O) groups is 1. The summed E-state index contributed by atoms with van der Waals surface area (Å²) in [6.07, 6.45) is 4.79. The summed E-state index contributed by atoms with van der Waals surface area (Å²) in [6.45, 7) is 4.30. The fraction of sp³-hybridized carbons (Fsp3) is 0.176. The topological polar surface area (TPSA) is 60.7 Å². The fourth-order valence-electron chi connectivity index (χ4n) is 2.15. The number of rotatable bonds is 4. The van der Waals surface area contributed by atoms with E-state index >= 15 is 0 Å². The summed E-state index contributed by atoms with van der Waals surface area (Å²) < 4.78 is 1.60. The molecule has 5 heteroatoms. The minimum Gasteiger partial charge on any atom is -0.287 e. The highest BCUT2D eigenvalue weighted by Gasteiger charge is 2.14. The van der Waals surface area contributed by atoms with E-state index in [1.807, 2.05) is 12.1 Å². The summed E-state index contributed by atoms with van der Waals surface area (Å²) in [6, 6.07) is 11.5. The van der Waals surface area contributed by atoms with Crippen molar-refractivity contribution in [3.63, 3.8) is 0 Å². The second-order valence-electron chi connectivity index (χ2n) is 5.37. The van der Waals surface area contributed by atoms with E-state index in [1.54, 1.807) is 29.2 Å². The molecular weight excluding hydrogens is 276 g/mol. The molecule has 22 heavy (non-hydrogen) atoms. The van der Waals surface area contributed by atoms with Gasteiger partial charge in [0.15, 0.2) is 5.69 Å². The van der Waals surface area contributed by atoms with E-state index in [1.165, 1.54) is 11.8 Å². The normalized spacial score (nSPS) is 10.9. The van der Waals surface area contributed by atoms with Crippen molar-refractivity contribution in [1.82, 2.24) is 20.0 Å². The van der Waals surface area contributed by atoms with Crippen molar-refractivity contribution in [1.29, 1.82) is 0 Å². The van der Waals surface area contributed by atoms with Crippen molar-refractivity contribution < 1.29 is 4.79 Å². The molecule has 110 valence electrons. The average molecular weight is 292 g/mol. The van der Waals surface area contributed by atoms with Crippen LogP contribution in [0.4, 0.5) is 0 Å². The van der Waals surface area contributed by atoms with Crippen molar-refractivity contribution in [3.05, 3.63) is 71.8 Å². The lowest BCUT2D eigenvalue weighted by atomic mass is 10.0. The number of pyridine rings is 1. The van der Waals surface area contributed by atoms with Gasteiger partial charge in [-0.25, -0.2) is 4.68 Å². The third-order valence-corrected chi connectivity index (χ3v) is 3.47. The van der Waals surface area contributed by atoms with Crippen LogP contribution in [0.25, 0.3) is 5.69 Å². The Kier molecular flexibility index (Phi) is 3.78. The number of hydrogen-bond acceptors (Lipinski definition) is 4. The Hall–Kier alpha value is -2.82. The molecule has 0 aliphatic rings. The number of carbonyl (C=O) groups excluding carboxylic acids is 1. The van der Waals surface area contributed by atoms with Crippen LogP contribution in [0.3, 0.4) is 0 Å². The lowest BCUT2D eigenvalue weighted by Crippen LogP contribution is -2.02. The highest BCUT2D eigenvalue weighted by atomic mass is 16.1. The van der Waals surface area contributed by atoms with Crippen LogP contribution in [0, 0.1) is 0 Å². The molecule has 0 atom stereocenters. The van der Waals surface area contributed by atoms with Gasteiger partial charge < -0.3 is 0 Å². The molecule has 1 aromatic carbocycles. The Morgan fingerprint density at radius 1 is 1.14 bits per heavy atom. The fourth-order valence-corrected chi connectivity index (χ4v) is 2.15. The zero-order chi connectivity index (χ0) is 15.5. The van der Waals surface area contributed by atoms with Crippen LogP contribution in [0.1, 0.15) is 41.4 Å². The van der Waals surface area contributed by atoms with E-state index < -0.39 is 0 Å². The minimum absolute atomic E-state index is 0.182. The van der Waals surface area contributed by atoms with Gasteiger partial charge in [-0.15, -0.1) is 5.10 Å².